The highest BCUT2D eigenvalue weighted by atomic mass is 32.1. The number of nitrogens with one attached hydrogen (secondary N) is 1. The van der Waals surface area contributed by atoms with E-state index in [1.54, 1.807) is 12.1 Å². The molecule has 0 saturated carbocycles. The molecule has 0 atom stereocenters. The van der Waals surface area contributed by atoms with E-state index in [0.29, 0.717) is 18.0 Å². The monoisotopic (exact) mass is 453 g/mol. The Morgan fingerprint density at radius 1 is 0.938 bits per heavy atom. The summed E-state index contributed by atoms with van der Waals surface area (Å²) in [4.78, 5) is 0. The number of rotatable bonds is 5. The van der Waals surface area contributed by atoms with E-state index >= 15 is 0 Å². The summed E-state index contributed by atoms with van der Waals surface area (Å²) >= 11 is 5.19. The Balaban J connectivity index is 1.34. The van der Waals surface area contributed by atoms with Crippen LogP contribution in [0.15, 0.2) is 65.1 Å². The summed E-state index contributed by atoms with van der Waals surface area (Å²) in [5.74, 6) is 0.429. The molecular formula is C24H25BFNO4S. The van der Waals surface area contributed by atoms with Crippen LogP contribution in [-0.2, 0) is 20.7 Å². The van der Waals surface area contributed by atoms with Crippen LogP contribution >= 0.6 is 12.2 Å². The highest BCUT2D eigenvalue weighted by Crippen LogP contribution is 2.36. The zero-order chi connectivity index (χ0) is 22.9. The fourth-order valence-electron chi connectivity index (χ4n) is 3.20. The van der Waals surface area contributed by atoms with Gasteiger partial charge in [-0.3, -0.25) is 0 Å². The lowest BCUT2D eigenvalue weighted by atomic mass is 9.86. The third-order valence-electron chi connectivity index (χ3n) is 5.81. The van der Waals surface area contributed by atoms with Gasteiger partial charge in [0.1, 0.15) is 23.8 Å². The minimum Gasteiger partial charge on any atom is -0.466 e. The zero-order valence-electron chi connectivity index (χ0n) is 18.5. The Hall–Kier alpha value is -2.68. The first-order chi connectivity index (χ1) is 15.1. The molecule has 2 heterocycles. The Morgan fingerprint density at radius 3 is 2.19 bits per heavy atom. The van der Waals surface area contributed by atoms with Crippen LogP contribution in [0.25, 0.3) is 11.3 Å². The van der Waals surface area contributed by atoms with E-state index < -0.39 is 18.3 Å². The van der Waals surface area contributed by atoms with Crippen molar-refractivity contribution in [2.45, 2.75) is 45.5 Å². The van der Waals surface area contributed by atoms with Crippen LogP contribution in [0.3, 0.4) is 0 Å². The van der Waals surface area contributed by atoms with Crippen molar-refractivity contribution in [3.63, 3.8) is 0 Å². The summed E-state index contributed by atoms with van der Waals surface area (Å²) in [5.41, 5.74) is 2.36. The number of thiocarbonyl (C=S) groups is 1. The number of hydrogen-bond donors (Lipinski definition) is 1. The van der Waals surface area contributed by atoms with Gasteiger partial charge >= 0.3 is 7.12 Å². The highest BCUT2D eigenvalue weighted by Gasteiger charge is 2.53. The number of hydrogen-bond acceptors (Lipinski definition) is 5. The van der Waals surface area contributed by atoms with Gasteiger partial charge in [-0.05, 0) is 81.9 Å². The topological polar surface area (TPSA) is 52.9 Å². The molecule has 1 saturated heterocycles. The molecular weight excluding hydrogens is 428 g/mol. The summed E-state index contributed by atoms with van der Waals surface area (Å²) in [6.45, 7) is 8.36. The summed E-state index contributed by atoms with van der Waals surface area (Å²) in [5, 5.41) is 3.14. The molecule has 5 nitrogen and oxygen atoms in total. The smallest absolute Gasteiger partial charge is 0.466 e. The molecule has 1 aromatic heterocycles. The summed E-state index contributed by atoms with van der Waals surface area (Å²) in [6, 6.07) is 17.5. The van der Waals surface area contributed by atoms with Crippen molar-refractivity contribution in [2.24, 2.45) is 0 Å². The second kappa shape index (κ2) is 8.69. The van der Waals surface area contributed by atoms with Crippen molar-refractivity contribution in [3.05, 3.63) is 72.0 Å². The molecule has 8 heteroatoms. The highest BCUT2D eigenvalue weighted by molar-refractivity contribution is 7.80. The average Bonchev–Trinajstić information content (AvgIpc) is 3.31. The summed E-state index contributed by atoms with van der Waals surface area (Å²) < 4.78 is 36.7. The van der Waals surface area contributed by atoms with Gasteiger partial charge in [0, 0.05) is 11.3 Å². The third-order valence-corrected chi connectivity index (χ3v) is 6.03. The van der Waals surface area contributed by atoms with Crippen molar-refractivity contribution >= 4 is 35.9 Å². The normalized spacial score (nSPS) is 16.7. The zero-order valence-corrected chi connectivity index (χ0v) is 19.3. The SMILES string of the molecule is CC1(C)OB(c2ccc(-c3ccc(COC(=S)Nc4ccc(F)cc4)cc3)o2)OC1(C)C. The van der Waals surface area contributed by atoms with Crippen LogP contribution in [0, 0.1) is 5.82 Å². The van der Waals surface area contributed by atoms with Gasteiger partial charge in [0.05, 0.1) is 11.2 Å². The van der Waals surface area contributed by atoms with Gasteiger partial charge in [0.25, 0.3) is 5.17 Å². The van der Waals surface area contributed by atoms with Gasteiger partial charge in [-0.15, -0.1) is 0 Å². The number of anilines is 1. The molecule has 0 radical (unpaired) electrons. The van der Waals surface area contributed by atoms with E-state index in [1.165, 1.54) is 12.1 Å². The maximum atomic E-state index is 13.0. The fourth-order valence-corrected chi connectivity index (χ4v) is 3.37. The van der Waals surface area contributed by atoms with E-state index in [-0.39, 0.29) is 11.0 Å². The van der Waals surface area contributed by atoms with Crippen LogP contribution in [0.1, 0.15) is 33.3 Å². The number of ether oxygens (including phenoxy) is 1. The molecule has 1 aliphatic rings. The van der Waals surface area contributed by atoms with Gasteiger partial charge in [-0.2, -0.15) is 0 Å². The lowest BCUT2D eigenvalue weighted by Gasteiger charge is -2.32. The van der Waals surface area contributed by atoms with E-state index in [0.717, 1.165) is 16.9 Å². The molecule has 166 valence electrons. The largest absolute Gasteiger partial charge is 0.532 e. The third kappa shape index (κ3) is 4.87. The molecule has 1 fully saturated rings. The van der Waals surface area contributed by atoms with Crippen molar-refractivity contribution in [1.82, 2.24) is 0 Å². The first kappa shape index (κ1) is 22.5. The molecule has 3 aromatic rings. The Bertz CT molecular complexity index is 1080. The van der Waals surface area contributed by atoms with Crippen LogP contribution < -0.4 is 11.0 Å². The molecule has 0 aliphatic carbocycles. The molecule has 0 amide bonds. The van der Waals surface area contributed by atoms with Crippen molar-refractivity contribution in [2.75, 3.05) is 5.32 Å². The van der Waals surface area contributed by atoms with Gasteiger partial charge in [0.15, 0.2) is 0 Å². The maximum Gasteiger partial charge on any atom is 0.532 e. The van der Waals surface area contributed by atoms with Crippen molar-refractivity contribution < 1.29 is 22.9 Å². The average molecular weight is 453 g/mol. The van der Waals surface area contributed by atoms with Crippen LogP contribution in [-0.4, -0.2) is 23.5 Å². The Morgan fingerprint density at radius 2 is 1.56 bits per heavy atom. The van der Waals surface area contributed by atoms with Gasteiger partial charge < -0.3 is 23.8 Å². The van der Waals surface area contributed by atoms with Gasteiger partial charge in [0.2, 0.25) is 0 Å². The fraction of sp³-hybridized carbons (Fsp3) is 0.292. The summed E-state index contributed by atoms with van der Waals surface area (Å²) in [7, 11) is -0.531. The lowest BCUT2D eigenvalue weighted by Crippen LogP contribution is -2.41. The molecule has 4 rings (SSSR count). The van der Waals surface area contributed by atoms with E-state index in [2.05, 4.69) is 5.32 Å². The first-order valence-corrected chi connectivity index (χ1v) is 10.8. The minimum atomic E-state index is -0.531. The minimum absolute atomic E-state index is 0.221. The van der Waals surface area contributed by atoms with Crippen LogP contribution in [0.2, 0.25) is 0 Å². The predicted octanol–water partition coefficient (Wildman–Crippen LogP) is 5.30. The van der Waals surface area contributed by atoms with E-state index in [4.69, 9.17) is 30.7 Å². The predicted molar refractivity (Wildman–Crippen MR) is 127 cm³/mol. The quantitative estimate of drug-likeness (QED) is 0.418. The van der Waals surface area contributed by atoms with E-state index in [1.807, 2.05) is 64.1 Å². The standard InChI is InChI=1S/C24H25BFNO4S/c1-23(2)24(3,4)31-25(30-23)21-14-13-20(29-21)17-7-5-16(6-8-17)15-28-22(32)27-19-11-9-18(26)10-12-19/h5-14H,15H2,1-4H3,(H,27,32). The van der Waals surface area contributed by atoms with E-state index in [9.17, 15) is 4.39 Å². The van der Waals surface area contributed by atoms with Crippen LogP contribution in [0.4, 0.5) is 10.1 Å². The molecule has 0 bridgehead atoms. The Kier molecular flexibility index (Phi) is 6.12. The maximum absolute atomic E-state index is 13.0. The molecule has 2 aromatic carbocycles. The lowest BCUT2D eigenvalue weighted by molar-refractivity contribution is 0.00578. The molecule has 1 N–H and O–H groups in total. The number of furan rings is 1. The Labute approximate surface area is 193 Å². The number of halogens is 1. The second-order valence-electron chi connectivity index (χ2n) is 8.70. The molecule has 32 heavy (non-hydrogen) atoms. The second-order valence-corrected chi connectivity index (χ2v) is 9.07. The van der Waals surface area contributed by atoms with Crippen LogP contribution in [0.5, 0.6) is 0 Å². The summed E-state index contributed by atoms with van der Waals surface area (Å²) in [6.07, 6.45) is 0. The first-order valence-electron chi connectivity index (χ1n) is 10.4. The van der Waals surface area contributed by atoms with Crippen molar-refractivity contribution in [1.29, 1.82) is 0 Å². The molecule has 1 aliphatic heterocycles. The van der Waals surface area contributed by atoms with Crippen molar-refractivity contribution in [3.8, 4) is 11.3 Å². The number of benzene rings is 2. The molecule has 0 spiro atoms. The van der Waals surface area contributed by atoms with Gasteiger partial charge in [-0.25, -0.2) is 4.39 Å². The molecule has 0 unspecified atom stereocenters. The van der Waals surface area contributed by atoms with Gasteiger partial charge in [-0.1, -0.05) is 24.3 Å².